The van der Waals surface area contributed by atoms with Gasteiger partial charge in [0.05, 0.1) is 12.7 Å². The van der Waals surface area contributed by atoms with E-state index in [1.165, 1.54) is 0 Å². The monoisotopic (exact) mass is 281 g/mol. The molecule has 0 saturated carbocycles. The van der Waals surface area contributed by atoms with Crippen LogP contribution >= 0.6 is 0 Å². The summed E-state index contributed by atoms with van der Waals surface area (Å²) in [7, 11) is 0. The average molecular weight is 281 g/mol. The van der Waals surface area contributed by atoms with E-state index in [1.807, 2.05) is 54.6 Å². The van der Waals surface area contributed by atoms with E-state index in [1.54, 1.807) is 0 Å². The first-order valence-electron chi connectivity index (χ1n) is 7.01. The fourth-order valence-electron chi connectivity index (χ4n) is 1.86. The molecule has 21 heavy (non-hydrogen) atoms. The lowest BCUT2D eigenvalue weighted by Crippen LogP contribution is -2.20. The van der Waals surface area contributed by atoms with E-state index in [0.29, 0.717) is 19.6 Å². The van der Waals surface area contributed by atoms with Crippen molar-refractivity contribution in [1.29, 1.82) is 5.26 Å². The Morgan fingerprint density at radius 3 is 2.71 bits per heavy atom. The lowest BCUT2D eigenvalue weighted by atomic mass is 10.2. The van der Waals surface area contributed by atoms with Gasteiger partial charge in [-0.25, -0.2) is 5.43 Å². The number of ether oxygens (including phenoxy) is 1. The second-order valence-electron chi connectivity index (χ2n) is 4.60. The van der Waals surface area contributed by atoms with Crippen LogP contribution in [0.3, 0.4) is 0 Å². The fraction of sp³-hybridized carbons (Fsp3) is 0.235. The van der Waals surface area contributed by atoms with Crippen molar-refractivity contribution in [2.24, 2.45) is 0 Å². The highest BCUT2D eigenvalue weighted by atomic mass is 16.5. The molecular formula is C17H19N3O. The smallest absolute Gasteiger partial charge is 0.119 e. The topological polar surface area (TPSA) is 57.1 Å². The first-order valence-corrected chi connectivity index (χ1v) is 7.01. The van der Waals surface area contributed by atoms with Crippen LogP contribution < -0.4 is 15.6 Å². The standard InChI is InChI=1S/C17H19N3O/c18-11-4-5-12-21-17-10-6-7-15(13-17)14-19-20-16-8-2-1-3-9-16/h1-3,6-10,13,19-20H,4-5,12,14H2. The van der Waals surface area contributed by atoms with Gasteiger partial charge in [0.25, 0.3) is 0 Å². The number of hydrazine groups is 1. The Morgan fingerprint density at radius 1 is 1.05 bits per heavy atom. The van der Waals surface area contributed by atoms with Crippen LogP contribution in [0.15, 0.2) is 54.6 Å². The Morgan fingerprint density at radius 2 is 1.90 bits per heavy atom. The van der Waals surface area contributed by atoms with E-state index in [2.05, 4.69) is 16.9 Å². The Hall–Kier alpha value is -2.51. The second-order valence-corrected chi connectivity index (χ2v) is 4.60. The zero-order chi connectivity index (χ0) is 14.8. The summed E-state index contributed by atoms with van der Waals surface area (Å²) in [6.07, 6.45) is 1.29. The van der Waals surface area contributed by atoms with Gasteiger partial charge >= 0.3 is 0 Å². The van der Waals surface area contributed by atoms with Gasteiger partial charge in [0.2, 0.25) is 0 Å². The summed E-state index contributed by atoms with van der Waals surface area (Å²) in [6, 6.07) is 20.0. The molecule has 0 unspecified atom stereocenters. The number of hydrogen-bond donors (Lipinski definition) is 2. The lowest BCUT2D eigenvalue weighted by molar-refractivity contribution is 0.312. The Labute approximate surface area is 125 Å². The SMILES string of the molecule is N#CCCCOc1cccc(CNNc2ccccc2)c1. The van der Waals surface area contributed by atoms with Crippen LogP contribution in [0.1, 0.15) is 18.4 Å². The first-order chi connectivity index (χ1) is 10.4. The van der Waals surface area contributed by atoms with Gasteiger partial charge in [0.15, 0.2) is 0 Å². The van der Waals surface area contributed by atoms with E-state index >= 15 is 0 Å². The molecule has 0 fully saturated rings. The zero-order valence-corrected chi connectivity index (χ0v) is 11.9. The summed E-state index contributed by atoms with van der Waals surface area (Å²) < 4.78 is 5.61. The number of nitrogens with zero attached hydrogens (tertiary/aromatic N) is 1. The third kappa shape index (κ3) is 5.55. The Balaban J connectivity index is 1.77. The minimum atomic E-state index is 0.530. The van der Waals surface area contributed by atoms with Crippen LogP contribution in [0, 0.1) is 11.3 Å². The number of unbranched alkanes of at least 4 members (excludes halogenated alkanes) is 1. The Kier molecular flexibility index (Phi) is 6.11. The quantitative estimate of drug-likeness (QED) is 0.574. The van der Waals surface area contributed by atoms with E-state index in [9.17, 15) is 0 Å². The van der Waals surface area contributed by atoms with Crippen LogP contribution in [0.2, 0.25) is 0 Å². The maximum Gasteiger partial charge on any atom is 0.119 e. The highest BCUT2D eigenvalue weighted by molar-refractivity contribution is 5.41. The van der Waals surface area contributed by atoms with Crippen LogP contribution in [-0.2, 0) is 6.54 Å². The molecule has 0 spiro atoms. The maximum atomic E-state index is 8.48. The van der Waals surface area contributed by atoms with Crippen molar-refractivity contribution in [3.8, 4) is 11.8 Å². The molecule has 0 amide bonds. The van der Waals surface area contributed by atoms with Gasteiger partial charge in [-0.3, -0.25) is 0 Å². The van der Waals surface area contributed by atoms with Crippen LogP contribution in [0.5, 0.6) is 5.75 Å². The predicted octanol–water partition coefficient (Wildman–Crippen LogP) is 3.49. The summed E-state index contributed by atoms with van der Waals surface area (Å²) in [5.74, 6) is 0.840. The molecule has 4 heteroatoms. The molecule has 4 nitrogen and oxygen atoms in total. The molecule has 2 rings (SSSR count). The van der Waals surface area contributed by atoms with Gasteiger partial charge in [0, 0.05) is 18.7 Å². The molecule has 2 aromatic carbocycles. The molecule has 2 N–H and O–H groups in total. The summed E-state index contributed by atoms with van der Waals surface area (Å²) in [4.78, 5) is 0. The predicted molar refractivity (Wildman–Crippen MR) is 83.7 cm³/mol. The molecule has 108 valence electrons. The van der Waals surface area contributed by atoms with Gasteiger partial charge in [-0.1, -0.05) is 30.3 Å². The molecule has 0 aliphatic rings. The van der Waals surface area contributed by atoms with E-state index in [4.69, 9.17) is 10.00 Å². The van der Waals surface area contributed by atoms with Crippen molar-refractivity contribution in [2.75, 3.05) is 12.0 Å². The van der Waals surface area contributed by atoms with E-state index < -0.39 is 0 Å². The van der Waals surface area contributed by atoms with Gasteiger partial charge in [0.1, 0.15) is 5.75 Å². The van der Waals surface area contributed by atoms with Gasteiger partial charge in [-0.15, -0.1) is 0 Å². The van der Waals surface area contributed by atoms with Crippen LogP contribution in [-0.4, -0.2) is 6.61 Å². The molecule has 0 aromatic heterocycles. The van der Waals surface area contributed by atoms with Gasteiger partial charge in [-0.05, 0) is 36.2 Å². The third-order valence-corrected chi connectivity index (χ3v) is 2.90. The van der Waals surface area contributed by atoms with E-state index in [0.717, 1.165) is 23.4 Å². The van der Waals surface area contributed by atoms with E-state index in [-0.39, 0.29) is 0 Å². The summed E-state index contributed by atoms with van der Waals surface area (Å²) in [5.41, 5.74) is 8.48. The third-order valence-electron chi connectivity index (χ3n) is 2.90. The number of rotatable bonds is 8. The fourth-order valence-corrected chi connectivity index (χ4v) is 1.86. The minimum Gasteiger partial charge on any atom is -0.494 e. The number of nitrogens with one attached hydrogen (secondary N) is 2. The summed E-state index contributed by atoms with van der Waals surface area (Å²) in [6.45, 7) is 1.27. The van der Waals surface area contributed by atoms with Crippen molar-refractivity contribution < 1.29 is 4.74 Å². The average Bonchev–Trinajstić information content (AvgIpc) is 2.53. The zero-order valence-electron chi connectivity index (χ0n) is 11.9. The lowest BCUT2D eigenvalue weighted by Gasteiger charge is -2.10. The number of para-hydroxylation sites is 1. The van der Waals surface area contributed by atoms with Crippen LogP contribution in [0.25, 0.3) is 0 Å². The van der Waals surface area contributed by atoms with Crippen molar-refractivity contribution in [1.82, 2.24) is 5.43 Å². The van der Waals surface area contributed by atoms with Crippen molar-refractivity contribution in [2.45, 2.75) is 19.4 Å². The summed E-state index contributed by atoms with van der Waals surface area (Å²) >= 11 is 0. The maximum absolute atomic E-state index is 8.48. The van der Waals surface area contributed by atoms with Crippen molar-refractivity contribution in [3.63, 3.8) is 0 Å². The Bertz CT molecular complexity index is 578. The van der Waals surface area contributed by atoms with Crippen LogP contribution in [0.4, 0.5) is 5.69 Å². The first kappa shape index (κ1) is 14.9. The van der Waals surface area contributed by atoms with Crippen molar-refractivity contribution >= 4 is 5.69 Å². The number of benzene rings is 2. The highest BCUT2D eigenvalue weighted by Gasteiger charge is 1.97. The molecule has 0 atom stereocenters. The molecular weight excluding hydrogens is 262 g/mol. The number of anilines is 1. The van der Waals surface area contributed by atoms with Gasteiger partial charge < -0.3 is 10.2 Å². The second kappa shape index (κ2) is 8.62. The highest BCUT2D eigenvalue weighted by Crippen LogP contribution is 2.14. The molecule has 0 aliphatic carbocycles. The number of nitriles is 1. The normalized spacial score (nSPS) is 9.86. The molecule has 0 radical (unpaired) electrons. The van der Waals surface area contributed by atoms with Gasteiger partial charge in [-0.2, -0.15) is 5.26 Å². The molecule has 0 saturated heterocycles. The molecule has 0 aliphatic heterocycles. The molecule has 0 heterocycles. The van der Waals surface area contributed by atoms with Crippen molar-refractivity contribution in [3.05, 3.63) is 60.2 Å². The summed E-state index contributed by atoms with van der Waals surface area (Å²) in [5, 5.41) is 8.48. The molecule has 2 aromatic rings. The number of hydrogen-bond acceptors (Lipinski definition) is 4. The minimum absolute atomic E-state index is 0.530. The largest absolute Gasteiger partial charge is 0.494 e. The molecule has 0 bridgehead atoms.